The van der Waals surface area contributed by atoms with E-state index in [4.69, 9.17) is 0 Å². The summed E-state index contributed by atoms with van der Waals surface area (Å²) in [5, 5.41) is 5.20. The highest BCUT2D eigenvalue weighted by molar-refractivity contribution is 8.68. The zero-order valence-electron chi connectivity index (χ0n) is 4.65. The Hall–Kier alpha value is -0.160. The minimum atomic E-state index is 0.0524. The van der Waals surface area contributed by atoms with Gasteiger partial charge in [0, 0.05) is 6.21 Å². The molecule has 1 amide bonds. The van der Waals surface area contributed by atoms with Crippen LogP contribution in [0.5, 0.6) is 0 Å². The molecule has 0 fully saturated rings. The molecule has 50 valence electrons. The number of carbonyl (C=O) groups excluding carboxylic acids is 1. The van der Waals surface area contributed by atoms with Gasteiger partial charge in [-0.2, -0.15) is 5.10 Å². The van der Waals surface area contributed by atoms with Crippen molar-refractivity contribution in [1.82, 2.24) is 5.01 Å². The van der Waals surface area contributed by atoms with Crippen molar-refractivity contribution >= 4 is 34.6 Å². The fourth-order valence-corrected chi connectivity index (χ4v) is 1.20. The Bertz CT molecular complexity index is 148. The lowest BCUT2D eigenvalue weighted by Gasteiger charge is -2.07. The molecule has 5 heteroatoms. The third-order valence-electron chi connectivity index (χ3n) is 0.955. The van der Waals surface area contributed by atoms with Gasteiger partial charge in [0.1, 0.15) is 0 Å². The van der Waals surface area contributed by atoms with Gasteiger partial charge in [-0.15, -0.1) is 11.7 Å². The van der Waals surface area contributed by atoms with E-state index in [0.29, 0.717) is 12.3 Å². The molecule has 3 nitrogen and oxygen atoms in total. The number of nitrogens with zero attached hydrogens (tertiary/aromatic N) is 2. The summed E-state index contributed by atoms with van der Waals surface area (Å²) >= 11 is 3.89. The average molecular weight is 162 g/mol. The molecule has 0 bridgehead atoms. The van der Waals surface area contributed by atoms with Crippen molar-refractivity contribution in [2.75, 3.05) is 5.88 Å². The maximum Gasteiger partial charge on any atom is 0.248 e. The summed E-state index contributed by atoms with van der Waals surface area (Å²) in [5.41, 5.74) is 0. The first kappa shape index (κ1) is 6.95. The normalized spacial score (nSPS) is 17.4. The van der Waals surface area contributed by atoms with E-state index in [2.05, 4.69) is 16.8 Å². The van der Waals surface area contributed by atoms with Crippen molar-refractivity contribution in [2.24, 2.45) is 5.10 Å². The Labute approximate surface area is 62.3 Å². The predicted molar refractivity (Wildman–Crippen MR) is 41.4 cm³/mol. The third-order valence-corrected chi connectivity index (χ3v) is 1.66. The van der Waals surface area contributed by atoms with Gasteiger partial charge >= 0.3 is 0 Å². The molecule has 9 heavy (non-hydrogen) atoms. The number of amides is 1. The summed E-state index contributed by atoms with van der Waals surface area (Å²) < 4.78 is 0. The fourth-order valence-electron chi connectivity index (χ4n) is 0.547. The molecule has 0 saturated heterocycles. The quantitative estimate of drug-likeness (QED) is 0.480. The Morgan fingerprint density at radius 2 is 2.78 bits per heavy atom. The lowest BCUT2D eigenvalue weighted by atomic mass is 10.5. The minimum absolute atomic E-state index is 0.0524. The van der Waals surface area contributed by atoms with Crippen LogP contribution in [0.15, 0.2) is 5.10 Å². The van der Waals surface area contributed by atoms with Crippen LogP contribution in [0.4, 0.5) is 0 Å². The van der Waals surface area contributed by atoms with Crippen LogP contribution in [0.2, 0.25) is 0 Å². The summed E-state index contributed by atoms with van der Waals surface area (Å²) in [6, 6.07) is 0. The molecule has 0 aliphatic carbocycles. The monoisotopic (exact) mass is 162 g/mol. The largest absolute Gasteiger partial charge is 0.273 e. The van der Waals surface area contributed by atoms with Gasteiger partial charge in [0.05, 0.1) is 12.3 Å². The second-order valence-electron chi connectivity index (χ2n) is 1.55. The van der Waals surface area contributed by atoms with Gasteiger partial charge in [-0.25, -0.2) is 5.01 Å². The van der Waals surface area contributed by atoms with Crippen molar-refractivity contribution in [1.29, 1.82) is 0 Å². The molecule has 1 aliphatic rings. The van der Waals surface area contributed by atoms with Gasteiger partial charge in [-0.3, -0.25) is 4.79 Å². The lowest BCUT2D eigenvalue weighted by molar-refractivity contribution is -0.127. The molecule has 0 N–H and O–H groups in total. The first-order chi connectivity index (χ1) is 4.34. The smallest absolute Gasteiger partial charge is 0.248 e. The van der Waals surface area contributed by atoms with Crippen molar-refractivity contribution in [3.8, 4) is 0 Å². The molecule has 0 spiro atoms. The highest BCUT2D eigenvalue weighted by Gasteiger charge is 2.14. The molecule has 0 aromatic carbocycles. The molecule has 1 aliphatic heterocycles. The van der Waals surface area contributed by atoms with E-state index in [0.717, 1.165) is 0 Å². The van der Waals surface area contributed by atoms with E-state index in [-0.39, 0.29) is 5.91 Å². The molecule has 0 aromatic rings. The first-order valence-corrected chi connectivity index (χ1v) is 4.47. The standard InChI is InChI=1S/C4H6N2OS2/c7-4-1-2-5-6(4)3-9-8/h2,8H,1,3H2. The Morgan fingerprint density at radius 1 is 2.00 bits per heavy atom. The van der Waals surface area contributed by atoms with Crippen LogP contribution in [0.3, 0.4) is 0 Å². The number of hydrogen-bond acceptors (Lipinski definition) is 4. The number of hydrogen-bond donors (Lipinski definition) is 1. The topological polar surface area (TPSA) is 32.7 Å². The lowest BCUT2D eigenvalue weighted by Crippen LogP contribution is -2.19. The Balaban J connectivity index is 2.40. The highest BCUT2D eigenvalue weighted by atomic mass is 33.1. The first-order valence-electron chi connectivity index (χ1n) is 2.44. The van der Waals surface area contributed by atoms with Gasteiger partial charge in [0.15, 0.2) is 0 Å². The van der Waals surface area contributed by atoms with Crippen LogP contribution < -0.4 is 0 Å². The molecule has 0 radical (unpaired) electrons. The third kappa shape index (κ3) is 1.62. The van der Waals surface area contributed by atoms with Gasteiger partial charge in [-0.05, 0) is 0 Å². The highest BCUT2D eigenvalue weighted by Crippen LogP contribution is 2.11. The number of hydrazone groups is 1. The van der Waals surface area contributed by atoms with E-state index in [1.165, 1.54) is 15.8 Å². The molecule has 0 aromatic heterocycles. The van der Waals surface area contributed by atoms with Crippen molar-refractivity contribution in [3.05, 3.63) is 0 Å². The molecule has 0 unspecified atom stereocenters. The number of thiol groups is 1. The SMILES string of the molecule is O=C1CC=NN1CSS. The van der Waals surface area contributed by atoms with E-state index >= 15 is 0 Å². The van der Waals surface area contributed by atoms with E-state index in [1.54, 1.807) is 6.21 Å². The van der Waals surface area contributed by atoms with Crippen LogP contribution >= 0.6 is 22.5 Å². The summed E-state index contributed by atoms with van der Waals surface area (Å²) in [4.78, 5) is 10.7. The number of carbonyl (C=O) groups is 1. The van der Waals surface area contributed by atoms with E-state index in [9.17, 15) is 4.79 Å². The van der Waals surface area contributed by atoms with Crippen molar-refractivity contribution in [2.45, 2.75) is 6.42 Å². The van der Waals surface area contributed by atoms with Gasteiger partial charge in [0.2, 0.25) is 5.91 Å². The molecule has 1 heterocycles. The van der Waals surface area contributed by atoms with Crippen LogP contribution in [0.1, 0.15) is 6.42 Å². The average Bonchev–Trinajstić information content (AvgIpc) is 2.18. The summed E-state index contributed by atoms with van der Waals surface area (Å²) in [7, 11) is 1.29. The van der Waals surface area contributed by atoms with Crippen LogP contribution in [-0.4, -0.2) is 23.0 Å². The maximum absolute atomic E-state index is 10.7. The van der Waals surface area contributed by atoms with Gasteiger partial charge < -0.3 is 0 Å². The van der Waals surface area contributed by atoms with Crippen LogP contribution in [-0.2, 0) is 4.79 Å². The number of rotatable bonds is 2. The van der Waals surface area contributed by atoms with Gasteiger partial charge in [0.25, 0.3) is 0 Å². The summed E-state index contributed by atoms with van der Waals surface area (Å²) in [5.74, 6) is 0.592. The second kappa shape index (κ2) is 3.12. The van der Waals surface area contributed by atoms with Gasteiger partial charge in [-0.1, -0.05) is 10.8 Å². The predicted octanol–water partition coefficient (Wildman–Crippen LogP) is 0.740. The van der Waals surface area contributed by atoms with Crippen LogP contribution in [0, 0.1) is 0 Å². The summed E-state index contributed by atoms with van der Waals surface area (Å²) in [6.07, 6.45) is 2.04. The second-order valence-corrected chi connectivity index (χ2v) is 2.84. The maximum atomic E-state index is 10.7. The van der Waals surface area contributed by atoms with E-state index < -0.39 is 0 Å². The molecular weight excluding hydrogens is 156 g/mol. The zero-order chi connectivity index (χ0) is 6.69. The van der Waals surface area contributed by atoms with E-state index in [1.807, 2.05) is 0 Å². The Kier molecular flexibility index (Phi) is 2.41. The molecule has 0 atom stereocenters. The zero-order valence-corrected chi connectivity index (χ0v) is 6.36. The van der Waals surface area contributed by atoms with Crippen LogP contribution in [0.25, 0.3) is 0 Å². The molecule has 0 saturated carbocycles. The van der Waals surface area contributed by atoms with Crippen molar-refractivity contribution < 1.29 is 4.79 Å². The molecule has 1 rings (SSSR count). The fraction of sp³-hybridized carbons (Fsp3) is 0.500. The molecular formula is C4H6N2OS2. The van der Waals surface area contributed by atoms with Crippen molar-refractivity contribution in [3.63, 3.8) is 0 Å². The minimum Gasteiger partial charge on any atom is -0.273 e. The Morgan fingerprint density at radius 3 is 3.22 bits per heavy atom. The summed E-state index contributed by atoms with van der Waals surface area (Å²) in [6.45, 7) is 0.